The summed E-state index contributed by atoms with van der Waals surface area (Å²) in [4.78, 5) is 13.2. The quantitative estimate of drug-likeness (QED) is 0.865. The van der Waals surface area contributed by atoms with Gasteiger partial charge in [0.05, 0.1) is 11.5 Å². The predicted octanol–water partition coefficient (Wildman–Crippen LogP) is 3.25. The zero-order chi connectivity index (χ0) is 14.3. The van der Waals surface area contributed by atoms with Gasteiger partial charge in [0.25, 0.3) is 0 Å². The van der Waals surface area contributed by atoms with Gasteiger partial charge >= 0.3 is 0 Å². The Labute approximate surface area is 127 Å². The summed E-state index contributed by atoms with van der Waals surface area (Å²) in [5.74, 6) is 1.33. The zero-order valence-corrected chi connectivity index (χ0v) is 13.2. The summed E-state index contributed by atoms with van der Waals surface area (Å²) in [7, 11) is 0. The maximum atomic E-state index is 9.69. The number of thiophene rings is 1. The summed E-state index contributed by atoms with van der Waals surface area (Å²) in [6.45, 7) is 5.77. The van der Waals surface area contributed by atoms with Crippen LogP contribution in [-0.4, -0.2) is 34.3 Å². The fourth-order valence-electron chi connectivity index (χ4n) is 2.84. The highest BCUT2D eigenvalue weighted by atomic mass is 35.5. The van der Waals surface area contributed by atoms with Crippen LogP contribution in [0.3, 0.4) is 0 Å². The summed E-state index contributed by atoms with van der Waals surface area (Å²) in [6.07, 6.45) is 1.75. The number of anilines is 1. The Bertz CT molecular complexity index is 620. The van der Waals surface area contributed by atoms with E-state index in [1.54, 1.807) is 11.3 Å². The number of hydrogen-bond donors (Lipinski definition) is 1. The van der Waals surface area contributed by atoms with Crippen molar-refractivity contribution in [3.8, 4) is 0 Å². The maximum Gasteiger partial charge on any atom is 0.225 e. The molecule has 0 saturated carbocycles. The molecule has 3 rings (SSSR count). The standard InChI is InChI=1S/C14H18ClN3OS/c1-8-7-11-12(16-14(15)17-13(11)20-8)18-5-3-10(4-6-18)9(2)19/h7,9-10,19H,3-6H2,1-2H3. The van der Waals surface area contributed by atoms with Gasteiger partial charge in [-0.1, -0.05) is 0 Å². The number of halogens is 1. The molecule has 20 heavy (non-hydrogen) atoms. The molecule has 1 fully saturated rings. The molecule has 1 atom stereocenters. The lowest BCUT2D eigenvalue weighted by Gasteiger charge is -2.34. The van der Waals surface area contributed by atoms with E-state index in [1.807, 2.05) is 6.92 Å². The first-order valence-corrected chi connectivity index (χ1v) is 8.10. The molecule has 1 saturated heterocycles. The van der Waals surface area contributed by atoms with Crippen LogP contribution in [-0.2, 0) is 0 Å². The van der Waals surface area contributed by atoms with Gasteiger partial charge in [-0.2, -0.15) is 4.98 Å². The maximum absolute atomic E-state index is 9.69. The van der Waals surface area contributed by atoms with E-state index in [4.69, 9.17) is 11.6 Å². The molecule has 6 heteroatoms. The Kier molecular flexibility index (Phi) is 3.84. The van der Waals surface area contributed by atoms with E-state index in [-0.39, 0.29) is 6.10 Å². The lowest BCUT2D eigenvalue weighted by molar-refractivity contribution is 0.110. The number of piperidine rings is 1. The largest absolute Gasteiger partial charge is 0.393 e. The SMILES string of the molecule is Cc1cc2c(N3CCC(C(C)O)CC3)nc(Cl)nc2s1. The number of hydrogen-bond acceptors (Lipinski definition) is 5. The molecule has 2 aromatic heterocycles. The average molecular weight is 312 g/mol. The molecule has 0 aliphatic carbocycles. The molecule has 1 aliphatic rings. The van der Waals surface area contributed by atoms with Gasteiger partial charge in [0.15, 0.2) is 0 Å². The van der Waals surface area contributed by atoms with Crippen LogP contribution in [0.15, 0.2) is 6.07 Å². The molecule has 1 aliphatic heterocycles. The Morgan fingerprint density at radius 3 is 2.75 bits per heavy atom. The van der Waals surface area contributed by atoms with Crippen molar-refractivity contribution in [2.45, 2.75) is 32.8 Å². The van der Waals surface area contributed by atoms with Crippen LogP contribution in [0.25, 0.3) is 10.2 Å². The molecule has 0 spiro atoms. The minimum absolute atomic E-state index is 0.227. The fourth-order valence-corrected chi connectivity index (χ4v) is 3.93. The van der Waals surface area contributed by atoms with Crippen LogP contribution in [0.1, 0.15) is 24.6 Å². The predicted molar refractivity (Wildman–Crippen MR) is 83.8 cm³/mol. The van der Waals surface area contributed by atoms with Crippen LogP contribution < -0.4 is 4.90 Å². The molecule has 0 radical (unpaired) electrons. The van der Waals surface area contributed by atoms with Crippen molar-refractivity contribution in [3.05, 3.63) is 16.2 Å². The van der Waals surface area contributed by atoms with E-state index in [9.17, 15) is 5.11 Å². The highest BCUT2D eigenvalue weighted by molar-refractivity contribution is 7.18. The van der Waals surface area contributed by atoms with Crippen LogP contribution >= 0.6 is 22.9 Å². The normalized spacial score (nSPS) is 18.7. The van der Waals surface area contributed by atoms with Gasteiger partial charge in [-0.05, 0) is 50.3 Å². The van der Waals surface area contributed by atoms with E-state index in [0.717, 1.165) is 42.0 Å². The molecule has 1 unspecified atom stereocenters. The lowest BCUT2D eigenvalue weighted by atomic mass is 9.92. The monoisotopic (exact) mass is 311 g/mol. The van der Waals surface area contributed by atoms with E-state index < -0.39 is 0 Å². The Hall–Kier alpha value is -0.910. The first kappa shape index (κ1) is 14.0. The van der Waals surface area contributed by atoms with Gasteiger partial charge in [0, 0.05) is 18.0 Å². The Morgan fingerprint density at radius 2 is 2.10 bits per heavy atom. The summed E-state index contributed by atoms with van der Waals surface area (Å²) in [5, 5.41) is 11.1. The van der Waals surface area contributed by atoms with E-state index in [2.05, 4.69) is 27.9 Å². The van der Waals surface area contributed by atoms with E-state index in [1.165, 1.54) is 4.88 Å². The smallest absolute Gasteiger partial charge is 0.225 e. The Balaban J connectivity index is 1.91. The molecule has 108 valence electrons. The second-order valence-corrected chi connectivity index (χ2v) is 7.03. The number of aliphatic hydroxyl groups is 1. The lowest BCUT2D eigenvalue weighted by Crippen LogP contribution is -2.37. The highest BCUT2D eigenvalue weighted by Gasteiger charge is 2.25. The third kappa shape index (κ3) is 2.62. The molecular weight excluding hydrogens is 294 g/mol. The molecule has 1 N–H and O–H groups in total. The van der Waals surface area contributed by atoms with Gasteiger partial charge in [0.2, 0.25) is 5.28 Å². The van der Waals surface area contributed by atoms with Crippen molar-refractivity contribution < 1.29 is 5.11 Å². The summed E-state index contributed by atoms with van der Waals surface area (Å²) >= 11 is 7.70. The van der Waals surface area contributed by atoms with Crippen molar-refractivity contribution in [3.63, 3.8) is 0 Å². The zero-order valence-electron chi connectivity index (χ0n) is 11.6. The summed E-state index contributed by atoms with van der Waals surface area (Å²) in [5.41, 5.74) is 0. The minimum Gasteiger partial charge on any atom is -0.393 e. The second kappa shape index (κ2) is 5.47. The number of nitrogens with zero attached hydrogens (tertiary/aromatic N) is 3. The number of aryl methyl sites for hydroxylation is 1. The Morgan fingerprint density at radius 1 is 1.40 bits per heavy atom. The molecule has 4 nitrogen and oxygen atoms in total. The molecule has 3 heterocycles. The van der Waals surface area contributed by atoms with Crippen molar-refractivity contribution >= 4 is 39.0 Å². The highest BCUT2D eigenvalue weighted by Crippen LogP contribution is 2.33. The average Bonchev–Trinajstić information content (AvgIpc) is 2.78. The van der Waals surface area contributed by atoms with E-state index in [0.29, 0.717) is 11.2 Å². The molecule has 0 amide bonds. The second-order valence-electron chi connectivity index (χ2n) is 5.46. The number of aliphatic hydroxyl groups excluding tert-OH is 1. The number of fused-ring (bicyclic) bond motifs is 1. The van der Waals surface area contributed by atoms with Gasteiger partial charge < -0.3 is 10.0 Å². The first-order valence-electron chi connectivity index (χ1n) is 6.91. The topological polar surface area (TPSA) is 49.2 Å². The van der Waals surface area contributed by atoms with Crippen LogP contribution in [0.4, 0.5) is 5.82 Å². The van der Waals surface area contributed by atoms with Crippen molar-refractivity contribution in [2.24, 2.45) is 5.92 Å². The van der Waals surface area contributed by atoms with Gasteiger partial charge in [-0.3, -0.25) is 0 Å². The van der Waals surface area contributed by atoms with E-state index >= 15 is 0 Å². The molecule has 0 aromatic carbocycles. The summed E-state index contributed by atoms with van der Waals surface area (Å²) < 4.78 is 0. The third-order valence-electron chi connectivity index (χ3n) is 3.99. The van der Waals surface area contributed by atoms with Crippen LogP contribution in [0, 0.1) is 12.8 Å². The minimum atomic E-state index is -0.227. The van der Waals surface area contributed by atoms with Gasteiger partial charge in [0.1, 0.15) is 10.6 Å². The van der Waals surface area contributed by atoms with Crippen LogP contribution in [0.2, 0.25) is 5.28 Å². The van der Waals surface area contributed by atoms with Gasteiger partial charge in [-0.15, -0.1) is 11.3 Å². The van der Waals surface area contributed by atoms with Crippen molar-refractivity contribution in [1.29, 1.82) is 0 Å². The molecule has 2 aromatic rings. The van der Waals surface area contributed by atoms with Crippen molar-refractivity contribution in [1.82, 2.24) is 9.97 Å². The van der Waals surface area contributed by atoms with Gasteiger partial charge in [-0.25, -0.2) is 4.98 Å². The number of rotatable bonds is 2. The van der Waals surface area contributed by atoms with Crippen molar-refractivity contribution in [2.75, 3.05) is 18.0 Å². The fraction of sp³-hybridized carbons (Fsp3) is 0.571. The molecule has 0 bridgehead atoms. The number of aromatic nitrogens is 2. The first-order chi connectivity index (χ1) is 9.54. The molecular formula is C14H18ClN3OS. The summed E-state index contributed by atoms with van der Waals surface area (Å²) in [6, 6.07) is 2.13. The van der Waals surface area contributed by atoms with Crippen LogP contribution in [0.5, 0.6) is 0 Å². The third-order valence-corrected chi connectivity index (χ3v) is 5.10.